The minimum atomic E-state index is -0.945. The van der Waals surface area contributed by atoms with Crippen LogP contribution in [0.3, 0.4) is 0 Å². The molecule has 0 unspecified atom stereocenters. The number of carbonyl (C=O) groups excluding carboxylic acids is 1. The third kappa shape index (κ3) is 6.24. The Bertz CT molecular complexity index is 922. The number of phenolic OH excluding ortho intramolecular Hbond substituents is 1. The molecule has 2 fully saturated rings. The van der Waals surface area contributed by atoms with Gasteiger partial charge < -0.3 is 15.1 Å². The molecule has 0 saturated heterocycles. The van der Waals surface area contributed by atoms with E-state index in [1.807, 2.05) is 19.1 Å². The molecule has 214 valence electrons. The Morgan fingerprint density at radius 1 is 1.05 bits per heavy atom. The highest BCUT2D eigenvalue weighted by atomic mass is 19.1. The summed E-state index contributed by atoms with van der Waals surface area (Å²) in [6, 6.07) is 5.55. The molecular formula is C33H52FNO3. The monoisotopic (exact) mass is 529 g/mol. The van der Waals surface area contributed by atoms with Gasteiger partial charge in [0, 0.05) is 25.4 Å². The first kappa shape index (κ1) is 29.4. The summed E-state index contributed by atoms with van der Waals surface area (Å²) in [6.45, 7) is 8.05. The lowest BCUT2D eigenvalue weighted by atomic mass is 9.51. The van der Waals surface area contributed by atoms with Crippen molar-refractivity contribution in [3.05, 3.63) is 29.3 Å². The van der Waals surface area contributed by atoms with Crippen molar-refractivity contribution in [2.75, 3.05) is 13.1 Å². The van der Waals surface area contributed by atoms with Crippen LogP contribution in [0.2, 0.25) is 0 Å². The lowest BCUT2D eigenvalue weighted by Gasteiger charge is -2.54. The van der Waals surface area contributed by atoms with Gasteiger partial charge in [-0.2, -0.15) is 0 Å². The standard InChI is InChI=1S/C33H52FNO3/c1-4-6-7-11-18-35(30(38)5-2)19-12-9-8-10-13-23-20-24-21-25(36)14-15-26(24)32-28(34)22-33(3)27(31(23)32)16-17-29(33)37/h14-15,21,23,27-29,31-32,36-37H,4-13,16-20,22H2,1-3H3/t23-,27+,28+,29+,31+,32+,33+/m1/s1. The van der Waals surface area contributed by atoms with Crippen molar-refractivity contribution in [2.45, 2.75) is 129 Å². The molecule has 3 aliphatic rings. The third-order valence-electron chi connectivity index (χ3n) is 10.5. The van der Waals surface area contributed by atoms with Crippen LogP contribution in [0, 0.1) is 23.2 Å². The molecule has 1 aromatic carbocycles. The fourth-order valence-electron chi connectivity index (χ4n) is 8.41. The number of alkyl halides is 1. The maximum absolute atomic E-state index is 15.9. The number of aromatic hydroxyl groups is 1. The van der Waals surface area contributed by atoms with E-state index in [0.29, 0.717) is 24.7 Å². The fraction of sp³-hybridized carbons (Fsp3) is 0.788. The molecule has 4 nitrogen and oxygen atoms in total. The van der Waals surface area contributed by atoms with Crippen molar-refractivity contribution in [3.8, 4) is 5.75 Å². The first-order valence-corrected chi connectivity index (χ1v) is 15.7. The molecule has 0 bridgehead atoms. The van der Waals surface area contributed by atoms with Gasteiger partial charge in [0.05, 0.1) is 6.10 Å². The molecule has 3 aliphatic carbocycles. The van der Waals surface area contributed by atoms with Gasteiger partial charge in [-0.3, -0.25) is 4.79 Å². The Balaban J connectivity index is 1.35. The van der Waals surface area contributed by atoms with Gasteiger partial charge in [0.25, 0.3) is 0 Å². The Labute approximate surface area is 230 Å². The zero-order valence-corrected chi connectivity index (χ0v) is 24.1. The highest BCUT2D eigenvalue weighted by Crippen LogP contribution is 2.63. The second-order valence-electron chi connectivity index (χ2n) is 12.9. The molecule has 5 heteroatoms. The Kier molecular flexibility index (Phi) is 10.2. The Hall–Kier alpha value is -1.62. The minimum absolute atomic E-state index is 0.117. The second-order valence-corrected chi connectivity index (χ2v) is 12.9. The molecule has 0 aliphatic heterocycles. The van der Waals surface area contributed by atoms with Gasteiger partial charge in [0.1, 0.15) is 11.9 Å². The maximum Gasteiger partial charge on any atom is 0.222 e. The van der Waals surface area contributed by atoms with E-state index in [1.165, 1.54) is 19.3 Å². The SMILES string of the molecule is CCCCCCN(CCCCCC[C@@H]1Cc2cc(O)ccc2[C@@H]2[C@@H]1[C@@H]1CC[C@H](O)[C@@]1(C)C[C@@H]2F)C(=O)CC. The van der Waals surface area contributed by atoms with Crippen LogP contribution in [-0.2, 0) is 11.2 Å². The molecule has 38 heavy (non-hydrogen) atoms. The first-order valence-electron chi connectivity index (χ1n) is 15.7. The molecule has 2 N–H and O–H groups in total. The van der Waals surface area contributed by atoms with Crippen LogP contribution in [0.4, 0.5) is 4.39 Å². The maximum atomic E-state index is 15.9. The summed E-state index contributed by atoms with van der Waals surface area (Å²) in [6.07, 6.45) is 12.6. The summed E-state index contributed by atoms with van der Waals surface area (Å²) in [4.78, 5) is 14.5. The van der Waals surface area contributed by atoms with Crippen molar-refractivity contribution in [1.82, 2.24) is 4.90 Å². The van der Waals surface area contributed by atoms with Crippen LogP contribution in [0.1, 0.15) is 121 Å². The lowest BCUT2D eigenvalue weighted by molar-refractivity contribution is -0.131. The van der Waals surface area contributed by atoms with Crippen molar-refractivity contribution < 1.29 is 19.4 Å². The number of amides is 1. The van der Waals surface area contributed by atoms with Gasteiger partial charge in [0.2, 0.25) is 5.91 Å². The predicted molar refractivity (Wildman–Crippen MR) is 152 cm³/mol. The third-order valence-corrected chi connectivity index (χ3v) is 10.5. The molecule has 0 spiro atoms. The Morgan fingerprint density at radius 3 is 2.47 bits per heavy atom. The number of carbonyl (C=O) groups is 1. The van der Waals surface area contributed by atoms with E-state index in [-0.39, 0.29) is 28.9 Å². The highest BCUT2D eigenvalue weighted by molar-refractivity contribution is 5.75. The van der Waals surface area contributed by atoms with Gasteiger partial charge in [-0.1, -0.05) is 65.4 Å². The van der Waals surface area contributed by atoms with Gasteiger partial charge in [-0.15, -0.1) is 0 Å². The summed E-state index contributed by atoms with van der Waals surface area (Å²) in [5.74, 6) is 1.44. The van der Waals surface area contributed by atoms with E-state index >= 15 is 4.39 Å². The number of hydrogen-bond acceptors (Lipinski definition) is 3. The molecule has 0 heterocycles. The van der Waals surface area contributed by atoms with Gasteiger partial charge in [-0.25, -0.2) is 4.39 Å². The summed E-state index contributed by atoms with van der Waals surface area (Å²) in [7, 11) is 0. The molecular weight excluding hydrogens is 477 g/mol. The van der Waals surface area contributed by atoms with E-state index in [4.69, 9.17) is 0 Å². The van der Waals surface area contributed by atoms with Crippen LogP contribution < -0.4 is 0 Å². The zero-order valence-electron chi connectivity index (χ0n) is 24.1. The van der Waals surface area contributed by atoms with E-state index in [0.717, 1.165) is 82.0 Å². The molecule has 0 aromatic heterocycles. The Morgan fingerprint density at radius 2 is 1.76 bits per heavy atom. The fourth-order valence-corrected chi connectivity index (χ4v) is 8.41. The van der Waals surface area contributed by atoms with E-state index in [9.17, 15) is 15.0 Å². The largest absolute Gasteiger partial charge is 0.508 e. The van der Waals surface area contributed by atoms with E-state index in [2.05, 4.69) is 18.7 Å². The first-order chi connectivity index (χ1) is 18.3. The van der Waals surface area contributed by atoms with Crippen LogP contribution >= 0.6 is 0 Å². The number of rotatable bonds is 13. The topological polar surface area (TPSA) is 60.8 Å². The summed E-state index contributed by atoms with van der Waals surface area (Å²) in [5.41, 5.74) is 1.90. The van der Waals surface area contributed by atoms with Crippen LogP contribution in [0.15, 0.2) is 18.2 Å². The van der Waals surface area contributed by atoms with Crippen molar-refractivity contribution in [2.24, 2.45) is 23.2 Å². The quantitative estimate of drug-likeness (QED) is 0.259. The molecule has 0 radical (unpaired) electrons. The van der Waals surface area contributed by atoms with Gasteiger partial charge in [0.15, 0.2) is 0 Å². The number of aliphatic hydroxyl groups excluding tert-OH is 1. The zero-order chi connectivity index (χ0) is 27.3. The number of hydrogen-bond donors (Lipinski definition) is 2. The van der Waals surface area contributed by atoms with Crippen LogP contribution in [0.25, 0.3) is 0 Å². The van der Waals surface area contributed by atoms with Crippen LogP contribution in [0.5, 0.6) is 5.75 Å². The summed E-state index contributed by atoms with van der Waals surface area (Å²) >= 11 is 0. The smallest absolute Gasteiger partial charge is 0.222 e. The summed E-state index contributed by atoms with van der Waals surface area (Å²) in [5, 5.41) is 21.0. The molecule has 1 aromatic rings. The van der Waals surface area contributed by atoms with Crippen molar-refractivity contribution >= 4 is 5.91 Å². The van der Waals surface area contributed by atoms with Gasteiger partial charge in [-0.05, 0) is 91.4 Å². The lowest BCUT2D eigenvalue weighted by Crippen LogP contribution is -2.51. The number of benzene rings is 1. The average molecular weight is 530 g/mol. The van der Waals surface area contributed by atoms with Crippen molar-refractivity contribution in [1.29, 1.82) is 0 Å². The molecule has 7 atom stereocenters. The van der Waals surface area contributed by atoms with E-state index in [1.54, 1.807) is 6.07 Å². The number of phenols is 1. The predicted octanol–water partition coefficient (Wildman–Crippen LogP) is 7.55. The average Bonchev–Trinajstić information content (AvgIpc) is 3.19. The number of fused-ring (bicyclic) bond motifs is 5. The van der Waals surface area contributed by atoms with Gasteiger partial charge >= 0.3 is 0 Å². The number of unbranched alkanes of at least 4 members (excludes halogenated alkanes) is 6. The molecule has 4 rings (SSSR count). The minimum Gasteiger partial charge on any atom is -0.508 e. The molecule has 2 saturated carbocycles. The normalized spacial score (nSPS) is 31.9. The highest BCUT2D eigenvalue weighted by Gasteiger charge is 2.59. The number of aliphatic hydroxyl groups is 1. The number of nitrogens with zero attached hydrogens (tertiary/aromatic N) is 1. The van der Waals surface area contributed by atoms with Crippen molar-refractivity contribution in [3.63, 3.8) is 0 Å². The van der Waals surface area contributed by atoms with Crippen LogP contribution in [-0.4, -0.2) is 46.4 Å². The van der Waals surface area contributed by atoms with E-state index < -0.39 is 12.3 Å². The number of halogens is 1. The molecule has 1 amide bonds. The summed E-state index contributed by atoms with van der Waals surface area (Å²) < 4.78 is 15.9. The second kappa shape index (κ2) is 13.2.